The number of hydrogen-bond donors (Lipinski definition) is 1. The standard InChI is InChI=1S/C11H12N2OSe/c1-7(2)10(14)13-11-12-8-5-3-4-6-9(8)15-11/h3-7H,1-2H3,(H,12,13,14). The van der Waals surface area contributed by atoms with Crippen molar-refractivity contribution in [3.63, 3.8) is 0 Å². The number of carbonyl (C=O) groups excluding carboxylic acids is 1. The van der Waals surface area contributed by atoms with Crippen LogP contribution < -0.4 is 5.32 Å². The minimum atomic E-state index is 0.00668. The number of aromatic nitrogens is 1. The third-order valence-electron chi connectivity index (χ3n) is 2.05. The average Bonchev–Trinajstić information content (AvgIpc) is 2.59. The van der Waals surface area contributed by atoms with Crippen LogP contribution in [-0.4, -0.2) is 25.4 Å². The van der Waals surface area contributed by atoms with E-state index in [1.807, 2.05) is 32.0 Å². The van der Waals surface area contributed by atoms with Crippen LogP contribution in [0.1, 0.15) is 13.8 Å². The Labute approximate surface area is 94.3 Å². The van der Waals surface area contributed by atoms with Gasteiger partial charge in [-0.15, -0.1) is 0 Å². The second-order valence-electron chi connectivity index (χ2n) is 3.63. The van der Waals surface area contributed by atoms with E-state index in [0.717, 1.165) is 10.2 Å². The number of fused-ring (bicyclic) bond motifs is 1. The zero-order valence-electron chi connectivity index (χ0n) is 8.65. The number of carbonyl (C=O) groups is 1. The molecule has 1 N–H and O–H groups in total. The topological polar surface area (TPSA) is 42.0 Å². The average molecular weight is 267 g/mol. The van der Waals surface area contributed by atoms with Gasteiger partial charge in [0, 0.05) is 0 Å². The van der Waals surface area contributed by atoms with Crippen LogP contribution in [0.15, 0.2) is 24.3 Å². The first-order chi connectivity index (χ1) is 7.16. The molecular weight excluding hydrogens is 255 g/mol. The Kier molecular flexibility index (Phi) is 2.89. The van der Waals surface area contributed by atoms with Gasteiger partial charge in [0.25, 0.3) is 0 Å². The van der Waals surface area contributed by atoms with Crippen molar-refractivity contribution in [1.29, 1.82) is 0 Å². The van der Waals surface area contributed by atoms with Crippen LogP contribution in [0.5, 0.6) is 0 Å². The fraction of sp³-hybridized carbons (Fsp3) is 0.273. The predicted octanol–water partition coefficient (Wildman–Crippen LogP) is 1.89. The molecule has 0 aliphatic heterocycles. The van der Waals surface area contributed by atoms with Crippen LogP contribution in [0.3, 0.4) is 0 Å². The van der Waals surface area contributed by atoms with Crippen LogP contribution in [-0.2, 0) is 4.79 Å². The summed E-state index contributed by atoms with van der Waals surface area (Å²) >= 11 is 0.154. The number of para-hydroxylation sites is 1. The van der Waals surface area contributed by atoms with Crippen LogP contribution in [0.4, 0.5) is 4.69 Å². The fourth-order valence-corrected chi connectivity index (χ4v) is 3.00. The molecule has 1 amide bonds. The molecule has 78 valence electrons. The van der Waals surface area contributed by atoms with Gasteiger partial charge in [0.2, 0.25) is 0 Å². The van der Waals surface area contributed by atoms with Crippen LogP contribution >= 0.6 is 0 Å². The predicted molar refractivity (Wildman–Crippen MR) is 62.2 cm³/mol. The number of nitrogens with zero attached hydrogens (tertiary/aromatic N) is 1. The second-order valence-corrected chi connectivity index (χ2v) is 5.79. The third-order valence-corrected chi connectivity index (χ3v) is 4.05. The summed E-state index contributed by atoms with van der Waals surface area (Å²) in [4.78, 5) is 15.9. The van der Waals surface area contributed by atoms with Crippen molar-refractivity contribution in [3.05, 3.63) is 24.3 Å². The Hall–Kier alpha value is -1.12. The van der Waals surface area contributed by atoms with Gasteiger partial charge in [-0.05, 0) is 0 Å². The molecule has 0 radical (unpaired) electrons. The van der Waals surface area contributed by atoms with Crippen molar-refractivity contribution < 1.29 is 4.79 Å². The molecule has 0 aliphatic carbocycles. The Morgan fingerprint density at radius 1 is 1.40 bits per heavy atom. The monoisotopic (exact) mass is 268 g/mol. The van der Waals surface area contributed by atoms with Crippen LogP contribution in [0.2, 0.25) is 0 Å². The van der Waals surface area contributed by atoms with E-state index in [4.69, 9.17) is 0 Å². The summed E-state index contributed by atoms with van der Waals surface area (Å²) in [5.41, 5.74) is 0.997. The van der Waals surface area contributed by atoms with Gasteiger partial charge in [-0.25, -0.2) is 0 Å². The van der Waals surface area contributed by atoms with Crippen molar-refractivity contribution >= 4 is 34.9 Å². The SMILES string of the molecule is CC(C)C(=O)Nc1nc2ccccc2[se]1. The molecular formula is C11H12N2OSe. The van der Waals surface area contributed by atoms with E-state index >= 15 is 0 Å². The molecule has 3 nitrogen and oxygen atoms in total. The molecule has 0 saturated heterocycles. The van der Waals surface area contributed by atoms with Gasteiger partial charge in [0.05, 0.1) is 0 Å². The Balaban J connectivity index is 2.26. The van der Waals surface area contributed by atoms with E-state index in [-0.39, 0.29) is 26.3 Å². The van der Waals surface area contributed by atoms with Gasteiger partial charge in [0.1, 0.15) is 0 Å². The maximum absolute atomic E-state index is 11.5. The summed E-state index contributed by atoms with van der Waals surface area (Å²) in [6, 6.07) is 8.01. The first kappa shape index (κ1) is 10.4. The zero-order valence-corrected chi connectivity index (χ0v) is 10.4. The van der Waals surface area contributed by atoms with E-state index in [2.05, 4.69) is 16.4 Å². The van der Waals surface area contributed by atoms with Gasteiger partial charge in [0.15, 0.2) is 0 Å². The molecule has 1 aromatic carbocycles. The Morgan fingerprint density at radius 2 is 2.13 bits per heavy atom. The summed E-state index contributed by atoms with van der Waals surface area (Å²) in [6.07, 6.45) is 0. The quantitative estimate of drug-likeness (QED) is 0.844. The molecule has 0 atom stereocenters. The molecule has 15 heavy (non-hydrogen) atoms. The molecule has 2 rings (SSSR count). The van der Waals surface area contributed by atoms with Crippen molar-refractivity contribution in [1.82, 2.24) is 4.98 Å². The first-order valence-corrected chi connectivity index (χ1v) is 6.54. The molecule has 0 fully saturated rings. The summed E-state index contributed by atoms with van der Waals surface area (Å²) < 4.78 is 2.06. The van der Waals surface area contributed by atoms with Crippen molar-refractivity contribution in [2.75, 3.05) is 5.32 Å². The van der Waals surface area contributed by atoms with Gasteiger partial charge in [-0.3, -0.25) is 0 Å². The van der Waals surface area contributed by atoms with Crippen molar-refractivity contribution in [3.8, 4) is 0 Å². The number of hydrogen-bond acceptors (Lipinski definition) is 2. The number of anilines is 1. The molecule has 1 aromatic heterocycles. The summed E-state index contributed by atoms with van der Waals surface area (Å²) in [6.45, 7) is 3.76. The second kappa shape index (κ2) is 4.17. The fourth-order valence-electron chi connectivity index (χ4n) is 1.18. The molecule has 2 aromatic rings. The molecule has 0 saturated carbocycles. The Bertz CT molecular complexity index is 457. The van der Waals surface area contributed by atoms with E-state index in [0.29, 0.717) is 0 Å². The van der Waals surface area contributed by atoms with Gasteiger partial charge in [-0.1, -0.05) is 0 Å². The van der Waals surface area contributed by atoms with Gasteiger partial charge in [-0.2, -0.15) is 0 Å². The van der Waals surface area contributed by atoms with E-state index in [9.17, 15) is 4.79 Å². The molecule has 0 unspecified atom stereocenters. The molecule has 1 heterocycles. The molecule has 0 spiro atoms. The molecule has 4 heteroatoms. The number of benzene rings is 1. The third kappa shape index (κ3) is 2.28. The first-order valence-electron chi connectivity index (χ1n) is 4.83. The van der Waals surface area contributed by atoms with Gasteiger partial charge >= 0.3 is 94.0 Å². The van der Waals surface area contributed by atoms with E-state index in [1.165, 1.54) is 4.26 Å². The normalized spacial score (nSPS) is 10.9. The van der Waals surface area contributed by atoms with Crippen molar-refractivity contribution in [2.45, 2.75) is 13.8 Å². The number of rotatable bonds is 2. The summed E-state index contributed by atoms with van der Waals surface area (Å²) in [5.74, 6) is 0.0515. The number of amides is 1. The van der Waals surface area contributed by atoms with Gasteiger partial charge < -0.3 is 0 Å². The summed E-state index contributed by atoms with van der Waals surface area (Å²) in [7, 11) is 0. The maximum atomic E-state index is 11.5. The molecule has 0 bridgehead atoms. The van der Waals surface area contributed by atoms with Crippen LogP contribution in [0, 0.1) is 5.92 Å². The van der Waals surface area contributed by atoms with E-state index < -0.39 is 0 Å². The minimum absolute atomic E-state index is 0.00668. The van der Waals surface area contributed by atoms with Crippen molar-refractivity contribution in [2.24, 2.45) is 5.92 Å². The Morgan fingerprint density at radius 3 is 2.80 bits per heavy atom. The zero-order chi connectivity index (χ0) is 10.8. The van der Waals surface area contributed by atoms with E-state index in [1.54, 1.807) is 0 Å². The van der Waals surface area contributed by atoms with Crippen LogP contribution in [0.25, 0.3) is 9.78 Å². The summed E-state index contributed by atoms with van der Waals surface area (Å²) in [5, 5.41) is 2.86. The molecule has 0 aliphatic rings. The number of nitrogens with one attached hydrogen (secondary N) is 1.